The number of aryl methyl sites for hydroxylation is 3. The van der Waals surface area contributed by atoms with E-state index in [1.807, 2.05) is 33.8 Å². The van der Waals surface area contributed by atoms with Crippen LogP contribution in [0.5, 0.6) is 0 Å². The summed E-state index contributed by atoms with van der Waals surface area (Å²) in [5.74, 6) is 0.262. The summed E-state index contributed by atoms with van der Waals surface area (Å²) in [5.41, 5.74) is 1.84. The van der Waals surface area contributed by atoms with Gasteiger partial charge in [-0.05, 0) is 33.8 Å². The van der Waals surface area contributed by atoms with Crippen LogP contribution in [0.4, 0.5) is 0 Å². The Bertz CT molecular complexity index is 642. The Morgan fingerprint density at radius 3 is 2.76 bits per heavy atom. The Morgan fingerprint density at radius 2 is 2.14 bits per heavy atom. The lowest BCUT2D eigenvalue weighted by atomic mass is 10.2. The fourth-order valence-corrected chi connectivity index (χ4v) is 3.53. The highest BCUT2D eigenvalue weighted by Crippen LogP contribution is 2.22. The van der Waals surface area contributed by atoms with E-state index in [0.717, 1.165) is 21.3 Å². The molecule has 112 valence electrons. The smallest absolute Gasteiger partial charge is 0.231 e. The van der Waals surface area contributed by atoms with Crippen LogP contribution in [-0.2, 0) is 4.79 Å². The average molecular weight is 322 g/mol. The number of carbonyl (C=O) groups excluding carboxylic acids is 1. The molecule has 1 atom stereocenters. The van der Waals surface area contributed by atoms with Gasteiger partial charge in [-0.25, -0.2) is 15.0 Å². The van der Waals surface area contributed by atoms with Gasteiger partial charge in [0.2, 0.25) is 5.91 Å². The maximum Gasteiger partial charge on any atom is 0.231 e. The maximum absolute atomic E-state index is 12.0. The summed E-state index contributed by atoms with van der Waals surface area (Å²) in [4.78, 5) is 26.0. The molecule has 0 aliphatic rings. The van der Waals surface area contributed by atoms with Crippen LogP contribution < -0.4 is 5.32 Å². The quantitative estimate of drug-likeness (QED) is 0.677. The van der Waals surface area contributed by atoms with Gasteiger partial charge < -0.3 is 5.32 Å². The minimum absolute atomic E-state index is 0.0392. The minimum atomic E-state index is -0.0820. The first-order valence-electron chi connectivity index (χ1n) is 6.61. The van der Waals surface area contributed by atoms with Crippen molar-refractivity contribution in [3.05, 3.63) is 33.5 Å². The maximum atomic E-state index is 12.0. The first kappa shape index (κ1) is 15.9. The highest BCUT2D eigenvalue weighted by molar-refractivity contribution is 7.99. The van der Waals surface area contributed by atoms with Crippen molar-refractivity contribution in [2.75, 3.05) is 5.75 Å². The molecule has 0 unspecified atom stereocenters. The molecule has 7 heteroatoms. The van der Waals surface area contributed by atoms with Gasteiger partial charge in [-0.3, -0.25) is 4.79 Å². The minimum Gasteiger partial charge on any atom is -0.347 e. The van der Waals surface area contributed by atoms with Crippen LogP contribution in [-0.4, -0.2) is 26.6 Å². The molecule has 2 aromatic rings. The van der Waals surface area contributed by atoms with Crippen LogP contribution in [0.2, 0.25) is 0 Å². The lowest BCUT2D eigenvalue weighted by Gasteiger charge is -2.12. The van der Waals surface area contributed by atoms with Crippen LogP contribution in [0.1, 0.15) is 34.2 Å². The van der Waals surface area contributed by atoms with Crippen molar-refractivity contribution >= 4 is 29.0 Å². The van der Waals surface area contributed by atoms with Crippen molar-refractivity contribution in [3.63, 3.8) is 0 Å². The van der Waals surface area contributed by atoms with E-state index in [0.29, 0.717) is 10.9 Å². The predicted octanol–water partition coefficient (Wildman–Crippen LogP) is 2.83. The molecule has 2 heterocycles. The zero-order valence-corrected chi connectivity index (χ0v) is 14.1. The Hall–Kier alpha value is -1.47. The van der Waals surface area contributed by atoms with Crippen molar-refractivity contribution < 1.29 is 4.79 Å². The van der Waals surface area contributed by atoms with Gasteiger partial charge in [0.1, 0.15) is 0 Å². The summed E-state index contributed by atoms with van der Waals surface area (Å²) in [6.07, 6.45) is 1.70. The number of nitrogens with one attached hydrogen (secondary N) is 1. The summed E-state index contributed by atoms with van der Waals surface area (Å²) < 4.78 is 0. The Kier molecular flexibility index (Phi) is 5.30. The van der Waals surface area contributed by atoms with E-state index in [4.69, 9.17) is 0 Å². The molecule has 2 aromatic heterocycles. The molecule has 1 N–H and O–H groups in total. The van der Waals surface area contributed by atoms with Crippen molar-refractivity contribution in [2.24, 2.45) is 0 Å². The highest BCUT2D eigenvalue weighted by Gasteiger charge is 2.15. The zero-order chi connectivity index (χ0) is 15.4. The van der Waals surface area contributed by atoms with Crippen LogP contribution in [0, 0.1) is 20.8 Å². The van der Waals surface area contributed by atoms with Gasteiger partial charge in [0.05, 0.1) is 22.5 Å². The van der Waals surface area contributed by atoms with Crippen LogP contribution in [0.25, 0.3) is 0 Å². The molecule has 0 saturated heterocycles. The number of rotatable bonds is 5. The van der Waals surface area contributed by atoms with Crippen LogP contribution in [0.15, 0.2) is 17.4 Å². The van der Waals surface area contributed by atoms with E-state index in [1.54, 1.807) is 17.5 Å². The van der Waals surface area contributed by atoms with Gasteiger partial charge in [0.25, 0.3) is 0 Å². The lowest BCUT2D eigenvalue weighted by Crippen LogP contribution is -2.28. The Morgan fingerprint density at radius 1 is 1.38 bits per heavy atom. The molecule has 0 radical (unpaired) electrons. The van der Waals surface area contributed by atoms with Crippen LogP contribution >= 0.6 is 23.1 Å². The second kappa shape index (κ2) is 7.00. The van der Waals surface area contributed by atoms with Gasteiger partial charge in [-0.2, -0.15) is 0 Å². The lowest BCUT2D eigenvalue weighted by molar-refractivity contribution is -0.119. The number of aromatic nitrogens is 3. The second-order valence-corrected chi connectivity index (χ2v) is 7.08. The van der Waals surface area contributed by atoms with Crippen LogP contribution in [0.3, 0.4) is 0 Å². The van der Waals surface area contributed by atoms with E-state index in [9.17, 15) is 4.79 Å². The van der Waals surface area contributed by atoms with Crippen molar-refractivity contribution in [3.8, 4) is 0 Å². The zero-order valence-electron chi connectivity index (χ0n) is 12.5. The number of nitrogens with zero attached hydrogens (tertiary/aromatic N) is 3. The van der Waals surface area contributed by atoms with Gasteiger partial charge in [0, 0.05) is 16.8 Å². The third-order valence-corrected chi connectivity index (χ3v) is 4.60. The van der Waals surface area contributed by atoms with E-state index in [2.05, 4.69) is 20.3 Å². The topological polar surface area (TPSA) is 67.8 Å². The molecule has 0 fully saturated rings. The predicted molar refractivity (Wildman–Crippen MR) is 85.6 cm³/mol. The fourth-order valence-electron chi connectivity index (χ4n) is 1.92. The van der Waals surface area contributed by atoms with E-state index in [1.165, 1.54) is 11.8 Å². The number of amides is 1. The van der Waals surface area contributed by atoms with Crippen molar-refractivity contribution in [1.29, 1.82) is 0 Å². The van der Waals surface area contributed by atoms with Gasteiger partial charge in [0.15, 0.2) is 5.16 Å². The molecule has 21 heavy (non-hydrogen) atoms. The molecule has 0 aromatic carbocycles. The molecule has 0 aliphatic carbocycles. The molecule has 0 bridgehead atoms. The van der Waals surface area contributed by atoms with Gasteiger partial charge in [-0.1, -0.05) is 11.8 Å². The van der Waals surface area contributed by atoms with E-state index >= 15 is 0 Å². The number of hydrogen-bond acceptors (Lipinski definition) is 6. The number of hydrogen-bond donors (Lipinski definition) is 1. The van der Waals surface area contributed by atoms with Crippen molar-refractivity contribution in [2.45, 2.75) is 38.9 Å². The van der Waals surface area contributed by atoms with Crippen molar-refractivity contribution in [1.82, 2.24) is 20.3 Å². The van der Waals surface area contributed by atoms with Gasteiger partial charge >= 0.3 is 0 Å². The first-order chi connectivity index (χ1) is 9.95. The van der Waals surface area contributed by atoms with E-state index < -0.39 is 0 Å². The first-order valence-corrected chi connectivity index (χ1v) is 8.41. The SMILES string of the molecule is Cc1ccnc(SCC(=O)N[C@@H](C)c2nc(C)sc2C)n1. The number of thiazole rings is 1. The molecule has 0 saturated carbocycles. The molecule has 0 spiro atoms. The molecule has 1 amide bonds. The molecule has 2 rings (SSSR count). The summed E-state index contributed by atoms with van der Waals surface area (Å²) in [7, 11) is 0. The Balaban J connectivity index is 1.88. The second-order valence-electron chi connectivity index (χ2n) is 4.73. The molecule has 0 aliphatic heterocycles. The normalized spacial score (nSPS) is 12.2. The summed E-state index contributed by atoms with van der Waals surface area (Å²) in [6, 6.07) is 1.75. The third-order valence-electron chi connectivity index (χ3n) is 2.83. The monoisotopic (exact) mass is 322 g/mol. The summed E-state index contributed by atoms with van der Waals surface area (Å²) in [5, 5.41) is 4.61. The fraction of sp³-hybridized carbons (Fsp3) is 0.429. The standard InChI is InChI=1S/C14H18N4OS2/c1-8-5-6-15-14(16-8)20-7-12(19)17-9(2)13-10(3)21-11(4)18-13/h5-6,9H,7H2,1-4H3,(H,17,19)/t9-/m0/s1. The number of carbonyl (C=O) groups is 1. The summed E-state index contributed by atoms with van der Waals surface area (Å²) in [6.45, 7) is 7.85. The van der Waals surface area contributed by atoms with E-state index in [-0.39, 0.29) is 11.9 Å². The molecule has 5 nitrogen and oxygen atoms in total. The molecular formula is C14H18N4OS2. The number of thioether (sulfide) groups is 1. The largest absolute Gasteiger partial charge is 0.347 e. The Labute approximate surface area is 132 Å². The average Bonchev–Trinajstić information content (AvgIpc) is 2.75. The third kappa shape index (κ3) is 4.50. The molecular weight excluding hydrogens is 304 g/mol. The van der Waals surface area contributed by atoms with Gasteiger partial charge in [-0.15, -0.1) is 11.3 Å². The summed E-state index contributed by atoms with van der Waals surface area (Å²) >= 11 is 2.99. The highest BCUT2D eigenvalue weighted by atomic mass is 32.2.